The number of nitrogens with one attached hydrogen (secondary N) is 2. The Morgan fingerprint density at radius 2 is 1.75 bits per heavy atom. The summed E-state index contributed by atoms with van der Waals surface area (Å²) < 4.78 is 10.1. The van der Waals surface area contributed by atoms with Gasteiger partial charge in [0.05, 0.1) is 7.11 Å². The summed E-state index contributed by atoms with van der Waals surface area (Å²) in [6.07, 6.45) is -0.529. The molecule has 28 heavy (non-hydrogen) atoms. The number of carbonyl (C=O) groups excluding carboxylic acids is 3. The maximum Gasteiger partial charge on any atom is 0.407 e. The van der Waals surface area contributed by atoms with Crippen LogP contribution in [0, 0.1) is 0 Å². The molecule has 148 valence electrons. The van der Waals surface area contributed by atoms with E-state index in [9.17, 15) is 14.4 Å². The molecule has 0 saturated carbocycles. The predicted octanol–water partition coefficient (Wildman–Crippen LogP) is 1.13. The summed E-state index contributed by atoms with van der Waals surface area (Å²) in [6, 6.07) is 15.3. The fourth-order valence-electron chi connectivity index (χ4n) is 2.43. The van der Waals surface area contributed by atoms with E-state index in [1.807, 2.05) is 30.3 Å². The van der Waals surface area contributed by atoms with Gasteiger partial charge in [-0.25, -0.2) is 4.79 Å². The van der Waals surface area contributed by atoms with Crippen LogP contribution in [-0.2, 0) is 27.4 Å². The number of nitrogens with two attached hydrogens (primary N) is 1. The zero-order valence-electron chi connectivity index (χ0n) is 15.5. The van der Waals surface area contributed by atoms with Gasteiger partial charge in [0.2, 0.25) is 11.8 Å². The second-order valence-electron chi connectivity index (χ2n) is 5.99. The van der Waals surface area contributed by atoms with Gasteiger partial charge in [0.15, 0.2) is 0 Å². The van der Waals surface area contributed by atoms with Crippen LogP contribution in [0.4, 0.5) is 4.79 Å². The van der Waals surface area contributed by atoms with Gasteiger partial charge in [-0.15, -0.1) is 0 Å². The maximum atomic E-state index is 12.0. The van der Waals surface area contributed by atoms with Gasteiger partial charge in [-0.05, 0) is 23.3 Å². The van der Waals surface area contributed by atoms with E-state index in [1.165, 1.54) is 7.11 Å². The predicted molar refractivity (Wildman–Crippen MR) is 102 cm³/mol. The van der Waals surface area contributed by atoms with E-state index in [2.05, 4.69) is 10.6 Å². The summed E-state index contributed by atoms with van der Waals surface area (Å²) in [4.78, 5) is 35.4. The number of carbonyl (C=O) groups is 3. The highest BCUT2D eigenvalue weighted by Gasteiger charge is 2.19. The first-order chi connectivity index (χ1) is 13.5. The summed E-state index contributed by atoms with van der Waals surface area (Å²) in [5, 5.41) is 4.84. The Morgan fingerprint density at radius 3 is 2.43 bits per heavy atom. The summed E-state index contributed by atoms with van der Waals surface area (Å²) in [5.74, 6) is -0.596. The molecule has 0 spiro atoms. The van der Waals surface area contributed by atoms with Crippen LogP contribution in [0.1, 0.15) is 11.1 Å². The zero-order chi connectivity index (χ0) is 20.4. The molecule has 1 atom stereocenters. The van der Waals surface area contributed by atoms with E-state index >= 15 is 0 Å². The molecule has 0 fully saturated rings. The summed E-state index contributed by atoms with van der Waals surface area (Å²) in [6.45, 7) is -0.246. The molecule has 2 aromatic rings. The normalized spacial score (nSPS) is 11.2. The van der Waals surface area contributed by atoms with Gasteiger partial charge in [-0.2, -0.15) is 0 Å². The number of rotatable bonds is 9. The minimum absolute atomic E-state index is 0.0913. The molecule has 0 unspecified atom stereocenters. The lowest BCUT2D eigenvalue weighted by molar-refractivity contribution is -0.126. The average Bonchev–Trinajstić information content (AvgIpc) is 2.71. The van der Waals surface area contributed by atoms with Crippen molar-refractivity contribution < 1.29 is 23.9 Å². The van der Waals surface area contributed by atoms with Crippen molar-refractivity contribution in [1.29, 1.82) is 0 Å². The highest BCUT2D eigenvalue weighted by Crippen LogP contribution is 2.14. The molecule has 0 radical (unpaired) electrons. The van der Waals surface area contributed by atoms with E-state index in [-0.39, 0.29) is 19.6 Å². The molecule has 0 heterocycles. The fraction of sp³-hybridized carbons (Fsp3) is 0.250. The Labute approximate surface area is 163 Å². The third-order valence-corrected chi connectivity index (χ3v) is 3.86. The lowest BCUT2D eigenvalue weighted by Crippen LogP contribution is -2.49. The Balaban J connectivity index is 1.79. The lowest BCUT2D eigenvalue weighted by atomic mass is 10.1. The maximum absolute atomic E-state index is 12.0. The van der Waals surface area contributed by atoms with Crippen LogP contribution in [-0.4, -0.2) is 37.6 Å². The number of hydrogen-bond donors (Lipinski definition) is 3. The molecule has 0 bridgehead atoms. The van der Waals surface area contributed by atoms with Crippen molar-refractivity contribution in [1.82, 2.24) is 10.6 Å². The number of alkyl carbamates (subject to hydrolysis) is 1. The van der Waals surface area contributed by atoms with Crippen molar-refractivity contribution in [2.45, 2.75) is 19.1 Å². The van der Waals surface area contributed by atoms with Crippen LogP contribution in [0.2, 0.25) is 0 Å². The number of ether oxygens (including phenoxy) is 2. The average molecular weight is 385 g/mol. The van der Waals surface area contributed by atoms with Gasteiger partial charge in [0, 0.05) is 6.42 Å². The van der Waals surface area contributed by atoms with Crippen LogP contribution in [0.15, 0.2) is 54.6 Å². The molecule has 0 aliphatic heterocycles. The van der Waals surface area contributed by atoms with Gasteiger partial charge < -0.3 is 25.8 Å². The third-order valence-electron chi connectivity index (χ3n) is 3.86. The topological polar surface area (TPSA) is 120 Å². The molecule has 4 N–H and O–H groups in total. The molecular weight excluding hydrogens is 362 g/mol. The largest absolute Gasteiger partial charge is 0.497 e. The third kappa shape index (κ3) is 6.99. The molecule has 0 aliphatic rings. The molecule has 0 aliphatic carbocycles. The molecular formula is C20H23N3O5. The van der Waals surface area contributed by atoms with E-state index < -0.39 is 23.9 Å². The van der Waals surface area contributed by atoms with Crippen molar-refractivity contribution in [2.75, 3.05) is 13.7 Å². The fourth-order valence-corrected chi connectivity index (χ4v) is 2.43. The van der Waals surface area contributed by atoms with Gasteiger partial charge in [0.1, 0.15) is 24.9 Å². The second-order valence-corrected chi connectivity index (χ2v) is 5.99. The summed E-state index contributed by atoms with van der Waals surface area (Å²) in [7, 11) is 1.54. The molecule has 2 aromatic carbocycles. The molecule has 3 amide bonds. The first kappa shape index (κ1) is 20.8. The van der Waals surface area contributed by atoms with E-state index in [4.69, 9.17) is 15.2 Å². The molecule has 8 heteroatoms. The Hall–Kier alpha value is -3.55. The van der Waals surface area contributed by atoms with E-state index in [0.717, 1.165) is 11.1 Å². The van der Waals surface area contributed by atoms with Crippen LogP contribution >= 0.6 is 0 Å². The lowest BCUT2D eigenvalue weighted by Gasteiger charge is -2.16. The van der Waals surface area contributed by atoms with Gasteiger partial charge in [0.25, 0.3) is 0 Å². The van der Waals surface area contributed by atoms with Crippen LogP contribution in [0.5, 0.6) is 5.75 Å². The van der Waals surface area contributed by atoms with Crippen molar-refractivity contribution in [2.24, 2.45) is 5.73 Å². The van der Waals surface area contributed by atoms with E-state index in [0.29, 0.717) is 5.75 Å². The molecule has 0 saturated heterocycles. The smallest absolute Gasteiger partial charge is 0.407 e. The Kier molecular flexibility index (Phi) is 7.83. The monoisotopic (exact) mass is 385 g/mol. The number of primary amides is 1. The van der Waals surface area contributed by atoms with Gasteiger partial charge in [-0.1, -0.05) is 42.5 Å². The summed E-state index contributed by atoms with van der Waals surface area (Å²) in [5.41, 5.74) is 6.98. The number of hydrogen-bond acceptors (Lipinski definition) is 5. The Morgan fingerprint density at radius 1 is 1.04 bits per heavy atom. The first-order valence-corrected chi connectivity index (χ1v) is 8.64. The van der Waals surface area contributed by atoms with Gasteiger partial charge >= 0.3 is 6.09 Å². The van der Waals surface area contributed by atoms with Crippen LogP contribution in [0.3, 0.4) is 0 Å². The molecule has 2 rings (SSSR count). The molecule has 8 nitrogen and oxygen atoms in total. The van der Waals surface area contributed by atoms with Gasteiger partial charge in [-0.3, -0.25) is 9.59 Å². The van der Waals surface area contributed by atoms with Crippen LogP contribution in [0.25, 0.3) is 0 Å². The van der Waals surface area contributed by atoms with Crippen molar-refractivity contribution in [3.8, 4) is 5.75 Å². The van der Waals surface area contributed by atoms with Crippen molar-refractivity contribution in [3.63, 3.8) is 0 Å². The number of amides is 3. The van der Waals surface area contributed by atoms with Crippen LogP contribution < -0.4 is 21.1 Å². The van der Waals surface area contributed by atoms with Crippen molar-refractivity contribution >= 4 is 17.9 Å². The first-order valence-electron chi connectivity index (χ1n) is 8.64. The zero-order valence-corrected chi connectivity index (χ0v) is 15.5. The standard InChI is InChI=1S/C20H23N3O5/c1-27-16-9-5-8-15(10-16)11-17(19(21)25)23-18(24)12-22-20(26)28-13-14-6-3-2-4-7-14/h2-10,17H,11-13H2,1H3,(H2,21,25)(H,22,26)(H,23,24)/t17-/m0/s1. The highest BCUT2D eigenvalue weighted by molar-refractivity contribution is 5.88. The minimum Gasteiger partial charge on any atom is -0.497 e. The molecule has 0 aromatic heterocycles. The quantitative estimate of drug-likeness (QED) is 0.598. The number of methoxy groups -OCH3 is 1. The van der Waals surface area contributed by atoms with E-state index in [1.54, 1.807) is 24.3 Å². The SMILES string of the molecule is COc1cccc(C[C@H](NC(=O)CNC(=O)OCc2ccccc2)C(N)=O)c1. The second kappa shape index (κ2) is 10.6. The van der Waals surface area contributed by atoms with Crippen molar-refractivity contribution in [3.05, 3.63) is 65.7 Å². The Bertz CT molecular complexity index is 810. The summed E-state index contributed by atoms with van der Waals surface area (Å²) >= 11 is 0. The minimum atomic E-state index is -0.915. The number of benzene rings is 2. The highest BCUT2D eigenvalue weighted by atomic mass is 16.5.